The highest BCUT2D eigenvalue weighted by molar-refractivity contribution is 5.69. The third kappa shape index (κ3) is 5.43. The van der Waals surface area contributed by atoms with Crippen molar-refractivity contribution in [2.24, 2.45) is 5.92 Å². The van der Waals surface area contributed by atoms with Crippen LogP contribution in [-0.4, -0.2) is 48.2 Å². The zero-order valence-electron chi connectivity index (χ0n) is 11.8. The van der Waals surface area contributed by atoms with Crippen LogP contribution < -0.4 is 5.32 Å². The molecule has 2 N–H and O–H groups in total. The van der Waals surface area contributed by atoms with Crippen LogP contribution >= 0.6 is 0 Å². The maximum Gasteiger partial charge on any atom is 0.407 e. The molecule has 0 spiro atoms. The van der Waals surface area contributed by atoms with Gasteiger partial charge in [0.2, 0.25) is 0 Å². The van der Waals surface area contributed by atoms with Gasteiger partial charge in [-0.25, -0.2) is 4.79 Å². The number of nitrogens with one attached hydrogen (secondary N) is 1. The van der Waals surface area contributed by atoms with Crippen molar-refractivity contribution in [1.82, 2.24) is 10.2 Å². The molecule has 0 bridgehead atoms. The molecule has 114 valence electrons. The van der Waals surface area contributed by atoms with Gasteiger partial charge in [-0.2, -0.15) is 0 Å². The lowest BCUT2D eigenvalue weighted by Crippen LogP contribution is -2.32. The Morgan fingerprint density at radius 2 is 2.10 bits per heavy atom. The second-order valence-corrected chi connectivity index (χ2v) is 5.23. The first-order valence-electron chi connectivity index (χ1n) is 7.02. The van der Waals surface area contributed by atoms with Gasteiger partial charge in [-0.3, -0.25) is 9.69 Å². The molecule has 1 aliphatic heterocycles. The molecule has 1 unspecified atom stereocenters. The Kier molecular flexibility index (Phi) is 5.57. The smallest absolute Gasteiger partial charge is 0.407 e. The lowest BCUT2D eigenvalue weighted by Gasteiger charge is -2.14. The number of hydrogen-bond donors (Lipinski definition) is 2. The molecule has 0 aliphatic carbocycles. The maximum atomic E-state index is 11.6. The molecule has 0 saturated carbocycles. The molecule has 0 aromatic heterocycles. The summed E-state index contributed by atoms with van der Waals surface area (Å²) in [6.07, 6.45) is 0.460. The van der Waals surface area contributed by atoms with Gasteiger partial charge in [-0.15, -0.1) is 0 Å². The molecule has 1 aliphatic rings. The van der Waals surface area contributed by atoms with Crippen molar-refractivity contribution in [3.63, 3.8) is 0 Å². The van der Waals surface area contributed by atoms with Gasteiger partial charge >= 0.3 is 12.1 Å². The van der Waals surface area contributed by atoms with Crippen LogP contribution in [0.15, 0.2) is 30.3 Å². The number of carboxylic acid groups (broad SMARTS) is 1. The topological polar surface area (TPSA) is 78.9 Å². The standard InChI is InChI=1S/C15H20N2O4/c18-14(19)10-17-7-6-13(9-17)8-16-15(20)21-11-12-4-2-1-3-5-12/h1-5,13H,6-11H2,(H,16,20)(H,18,19). The van der Waals surface area contributed by atoms with Gasteiger partial charge in [-0.05, 0) is 24.4 Å². The number of carbonyl (C=O) groups excluding carboxylic acids is 1. The van der Waals surface area contributed by atoms with Gasteiger partial charge in [0, 0.05) is 13.1 Å². The highest BCUT2D eigenvalue weighted by Gasteiger charge is 2.24. The number of carboxylic acids is 1. The van der Waals surface area contributed by atoms with Crippen LogP contribution in [0, 0.1) is 5.92 Å². The lowest BCUT2D eigenvalue weighted by molar-refractivity contribution is -0.138. The van der Waals surface area contributed by atoms with Gasteiger partial charge in [0.25, 0.3) is 0 Å². The number of benzene rings is 1. The number of alkyl carbamates (subject to hydrolysis) is 1. The molecule has 6 nitrogen and oxygen atoms in total. The van der Waals surface area contributed by atoms with Crippen molar-refractivity contribution in [1.29, 1.82) is 0 Å². The number of hydrogen-bond acceptors (Lipinski definition) is 4. The monoisotopic (exact) mass is 292 g/mol. The van der Waals surface area contributed by atoms with Gasteiger partial charge in [-0.1, -0.05) is 30.3 Å². The van der Waals surface area contributed by atoms with Crippen LogP contribution in [0.4, 0.5) is 4.79 Å². The predicted molar refractivity (Wildman–Crippen MR) is 76.8 cm³/mol. The Morgan fingerprint density at radius 1 is 1.33 bits per heavy atom. The Morgan fingerprint density at radius 3 is 2.81 bits per heavy atom. The summed E-state index contributed by atoms with van der Waals surface area (Å²) in [5.74, 6) is -0.528. The first kappa shape index (κ1) is 15.3. The predicted octanol–water partition coefficient (Wildman–Crippen LogP) is 1.32. The quantitative estimate of drug-likeness (QED) is 0.826. The number of likely N-dealkylation sites (tertiary alicyclic amines) is 1. The van der Waals surface area contributed by atoms with E-state index in [1.807, 2.05) is 35.2 Å². The van der Waals surface area contributed by atoms with Gasteiger partial charge in [0.05, 0.1) is 6.54 Å². The van der Waals surface area contributed by atoms with Crippen molar-refractivity contribution >= 4 is 12.1 Å². The molecule has 21 heavy (non-hydrogen) atoms. The summed E-state index contributed by atoms with van der Waals surface area (Å²) in [5.41, 5.74) is 0.946. The van der Waals surface area contributed by atoms with Gasteiger partial charge in [0.15, 0.2) is 0 Å². The van der Waals surface area contributed by atoms with Crippen molar-refractivity contribution < 1.29 is 19.4 Å². The van der Waals surface area contributed by atoms with Crippen molar-refractivity contribution in [3.8, 4) is 0 Å². The number of amides is 1. The van der Waals surface area contributed by atoms with Crippen LogP contribution in [-0.2, 0) is 16.1 Å². The van der Waals surface area contributed by atoms with E-state index in [-0.39, 0.29) is 19.1 Å². The molecular weight excluding hydrogens is 272 g/mol. The molecule has 1 amide bonds. The summed E-state index contributed by atoms with van der Waals surface area (Å²) in [5, 5.41) is 11.5. The molecule has 1 atom stereocenters. The Hall–Kier alpha value is -2.08. The Bertz CT molecular complexity index is 478. The molecule has 2 rings (SSSR count). The molecule has 1 saturated heterocycles. The highest BCUT2D eigenvalue weighted by Crippen LogP contribution is 2.14. The summed E-state index contributed by atoms with van der Waals surface area (Å²) in [6, 6.07) is 9.49. The normalized spacial score (nSPS) is 18.4. The number of rotatable bonds is 6. The molecule has 1 aromatic rings. The fraction of sp³-hybridized carbons (Fsp3) is 0.467. The van der Waals surface area contributed by atoms with Crippen LogP contribution in [0.5, 0.6) is 0 Å². The fourth-order valence-electron chi connectivity index (χ4n) is 2.42. The van der Waals surface area contributed by atoms with E-state index >= 15 is 0 Å². The summed E-state index contributed by atoms with van der Waals surface area (Å²) in [4.78, 5) is 24.1. The van der Waals surface area contributed by atoms with Crippen molar-refractivity contribution in [2.45, 2.75) is 13.0 Å². The average molecular weight is 292 g/mol. The molecule has 1 aromatic carbocycles. The van der Waals surface area contributed by atoms with Crippen molar-refractivity contribution in [2.75, 3.05) is 26.2 Å². The first-order chi connectivity index (χ1) is 10.1. The van der Waals surface area contributed by atoms with Gasteiger partial charge in [0.1, 0.15) is 6.61 Å². The third-order valence-electron chi connectivity index (χ3n) is 3.48. The Labute approximate surface area is 123 Å². The number of nitrogens with zero attached hydrogens (tertiary/aromatic N) is 1. The number of carbonyl (C=O) groups is 2. The minimum atomic E-state index is -0.814. The number of aliphatic carboxylic acids is 1. The summed E-state index contributed by atoms with van der Waals surface area (Å²) in [7, 11) is 0. The third-order valence-corrected chi connectivity index (χ3v) is 3.48. The van der Waals surface area contributed by atoms with Crippen LogP contribution in [0.25, 0.3) is 0 Å². The molecular formula is C15H20N2O4. The summed E-state index contributed by atoms with van der Waals surface area (Å²) in [6.45, 7) is 2.30. The highest BCUT2D eigenvalue weighted by atomic mass is 16.5. The van der Waals surface area contributed by atoms with Crippen LogP contribution in [0.3, 0.4) is 0 Å². The largest absolute Gasteiger partial charge is 0.480 e. The zero-order valence-corrected chi connectivity index (χ0v) is 11.8. The van der Waals surface area contributed by atoms with E-state index in [0.29, 0.717) is 13.1 Å². The van der Waals surface area contributed by atoms with E-state index in [0.717, 1.165) is 18.5 Å². The molecule has 6 heteroatoms. The zero-order chi connectivity index (χ0) is 15.1. The fourth-order valence-corrected chi connectivity index (χ4v) is 2.42. The van der Waals surface area contributed by atoms with E-state index in [2.05, 4.69) is 5.32 Å². The lowest BCUT2D eigenvalue weighted by atomic mass is 10.1. The summed E-state index contributed by atoms with van der Waals surface area (Å²) < 4.78 is 5.12. The second kappa shape index (κ2) is 7.64. The molecule has 1 heterocycles. The minimum Gasteiger partial charge on any atom is -0.480 e. The average Bonchev–Trinajstić information content (AvgIpc) is 2.91. The molecule has 1 fully saturated rings. The van der Waals surface area contributed by atoms with E-state index in [1.54, 1.807) is 0 Å². The van der Waals surface area contributed by atoms with E-state index in [4.69, 9.17) is 9.84 Å². The molecule has 0 radical (unpaired) electrons. The first-order valence-corrected chi connectivity index (χ1v) is 7.02. The number of ether oxygens (including phenoxy) is 1. The van der Waals surface area contributed by atoms with Crippen molar-refractivity contribution in [3.05, 3.63) is 35.9 Å². The van der Waals surface area contributed by atoms with E-state index < -0.39 is 12.1 Å². The van der Waals surface area contributed by atoms with Crippen LogP contribution in [0.2, 0.25) is 0 Å². The van der Waals surface area contributed by atoms with Gasteiger partial charge < -0.3 is 15.2 Å². The van der Waals surface area contributed by atoms with E-state index in [1.165, 1.54) is 0 Å². The summed E-state index contributed by atoms with van der Waals surface area (Å²) >= 11 is 0. The Balaban J connectivity index is 1.62. The second-order valence-electron chi connectivity index (χ2n) is 5.23. The van der Waals surface area contributed by atoms with Crippen LogP contribution in [0.1, 0.15) is 12.0 Å². The maximum absolute atomic E-state index is 11.6. The SMILES string of the molecule is O=C(O)CN1CCC(CNC(=O)OCc2ccccc2)C1. The minimum absolute atomic E-state index is 0.0644. The van der Waals surface area contributed by atoms with E-state index in [9.17, 15) is 9.59 Å².